The highest BCUT2D eigenvalue weighted by molar-refractivity contribution is 6.00. The Labute approximate surface area is 139 Å². The Morgan fingerprint density at radius 2 is 2.00 bits per heavy atom. The normalized spacial score (nSPS) is 13.5. The highest BCUT2D eigenvalue weighted by atomic mass is 16.5. The van der Waals surface area contributed by atoms with Crippen LogP contribution < -0.4 is 5.32 Å². The first-order chi connectivity index (χ1) is 11.5. The van der Waals surface area contributed by atoms with Gasteiger partial charge in [0, 0.05) is 5.56 Å². The fraction of sp³-hybridized carbons (Fsp3) is 0.222. The number of aryl methyl sites for hydroxylation is 1. The number of benzene rings is 1. The molecule has 1 unspecified atom stereocenters. The van der Waals surface area contributed by atoms with Crippen LogP contribution in [-0.2, 0) is 5.60 Å². The van der Waals surface area contributed by atoms with Crippen LogP contribution in [0.4, 0.5) is 0 Å². The quantitative estimate of drug-likeness (QED) is 0.752. The molecule has 6 heteroatoms. The first-order valence-electron chi connectivity index (χ1n) is 7.55. The van der Waals surface area contributed by atoms with Gasteiger partial charge in [-0.1, -0.05) is 35.5 Å². The third-order valence-electron chi connectivity index (χ3n) is 3.78. The molecule has 3 aromatic rings. The molecule has 0 bridgehead atoms. The predicted octanol–water partition coefficient (Wildman–Crippen LogP) is 2.88. The SMILES string of the molecule is Cc1onc(-c2ccccc2)c1C(=O)NCC(C)(O)c1ccco1. The van der Waals surface area contributed by atoms with Crippen molar-refractivity contribution in [3.8, 4) is 11.3 Å². The lowest BCUT2D eigenvalue weighted by Crippen LogP contribution is -2.38. The number of aliphatic hydroxyl groups is 1. The van der Waals surface area contributed by atoms with Gasteiger partial charge in [-0.25, -0.2) is 0 Å². The molecule has 6 nitrogen and oxygen atoms in total. The molecule has 0 saturated carbocycles. The molecular formula is C18H18N2O4. The molecule has 0 aliphatic heterocycles. The van der Waals surface area contributed by atoms with Gasteiger partial charge in [0.25, 0.3) is 5.91 Å². The van der Waals surface area contributed by atoms with E-state index in [1.165, 1.54) is 6.26 Å². The fourth-order valence-electron chi connectivity index (χ4n) is 2.45. The molecule has 0 radical (unpaired) electrons. The lowest BCUT2D eigenvalue weighted by Gasteiger charge is -2.21. The fourth-order valence-corrected chi connectivity index (χ4v) is 2.45. The molecule has 1 atom stereocenters. The van der Waals surface area contributed by atoms with Gasteiger partial charge in [-0.3, -0.25) is 4.79 Å². The van der Waals surface area contributed by atoms with Crippen molar-refractivity contribution >= 4 is 5.91 Å². The van der Waals surface area contributed by atoms with Gasteiger partial charge < -0.3 is 19.4 Å². The first kappa shape index (κ1) is 16.0. The number of amides is 1. The van der Waals surface area contributed by atoms with E-state index in [4.69, 9.17) is 8.94 Å². The maximum Gasteiger partial charge on any atom is 0.257 e. The zero-order valence-electron chi connectivity index (χ0n) is 13.4. The highest BCUT2D eigenvalue weighted by Crippen LogP contribution is 2.25. The van der Waals surface area contributed by atoms with Crippen molar-refractivity contribution in [2.45, 2.75) is 19.4 Å². The second-order valence-corrected chi connectivity index (χ2v) is 5.76. The molecule has 2 aromatic heterocycles. The van der Waals surface area contributed by atoms with Crippen LogP contribution in [0.2, 0.25) is 0 Å². The van der Waals surface area contributed by atoms with Gasteiger partial charge in [0.05, 0.1) is 12.8 Å². The van der Waals surface area contributed by atoms with Crippen molar-refractivity contribution in [2.24, 2.45) is 0 Å². The van der Waals surface area contributed by atoms with Gasteiger partial charge in [-0.15, -0.1) is 0 Å². The molecule has 24 heavy (non-hydrogen) atoms. The Morgan fingerprint density at radius 1 is 1.25 bits per heavy atom. The van der Waals surface area contributed by atoms with Crippen LogP contribution in [0.3, 0.4) is 0 Å². The number of nitrogens with one attached hydrogen (secondary N) is 1. The molecule has 2 heterocycles. The van der Waals surface area contributed by atoms with Crippen LogP contribution in [-0.4, -0.2) is 22.7 Å². The summed E-state index contributed by atoms with van der Waals surface area (Å²) in [6, 6.07) is 12.7. The van der Waals surface area contributed by atoms with E-state index in [1.54, 1.807) is 26.0 Å². The summed E-state index contributed by atoms with van der Waals surface area (Å²) < 4.78 is 10.4. The minimum atomic E-state index is -1.31. The minimum absolute atomic E-state index is 0.00179. The van der Waals surface area contributed by atoms with Gasteiger partial charge in [-0.05, 0) is 26.0 Å². The largest absolute Gasteiger partial charge is 0.466 e. The van der Waals surface area contributed by atoms with Gasteiger partial charge in [0.2, 0.25) is 0 Å². The van der Waals surface area contributed by atoms with E-state index < -0.39 is 5.60 Å². The average molecular weight is 326 g/mol. The van der Waals surface area contributed by atoms with Crippen molar-refractivity contribution in [1.29, 1.82) is 0 Å². The van der Waals surface area contributed by atoms with Crippen LogP contribution in [0.1, 0.15) is 28.8 Å². The summed E-state index contributed by atoms with van der Waals surface area (Å²) >= 11 is 0. The number of furan rings is 1. The van der Waals surface area contributed by atoms with Crippen LogP contribution in [0.25, 0.3) is 11.3 Å². The molecule has 0 fully saturated rings. The number of hydrogen-bond donors (Lipinski definition) is 2. The highest BCUT2D eigenvalue weighted by Gasteiger charge is 2.29. The number of carbonyl (C=O) groups excluding carboxylic acids is 1. The van der Waals surface area contributed by atoms with Crippen molar-refractivity contribution in [3.63, 3.8) is 0 Å². The van der Waals surface area contributed by atoms with Crippen LogP contribution >= 0.6 is 0 Å². The number of aromatic nitrogens is 1. The summed E-state index contributed by atoms with van der Waals surface area (Å²) in [5.74, 6) is 0.441. The predicted molar refractivity (Wildman–Crippen MR) is 87.3 cm³/mol. The summed E-state index contributed by atoms with van der Waals surface area (Å²) in [7, 11) is 0. The lowest BCUT2D eigenvalue weighted by atomic mass is 10.0. The third kappa shape index (κ3) is 3.09. The lowest BCUT2D eigenvalue weighted by molar-refractivity contribution is 0.0330. The van der Waals surface area contributed by atoms with Crippen LogP contribution in [0.15, 0.2) is 57.7 Å². The van der Waals surface area contributed by atoms with E-state index in [1.807, 2.05) is 30.3 Å². The number of hydrogen-bond acceptors (Lipinski definition) is 5. The topological polar surface area (TPSA) is 88.5 Å². The Bertz CT molecular complexity index is 820. The Kier molecular flexibility index (Phi) is 4.22. The summed E-state index contributed by atoms with van der Waals surface area (Å²) in [4.78, 5) is 12.6. The first-order valence-corrected chi connectivity index (χ1v) is 7.55. The second-order valence-electron chi connectivity index (χ2n) is 5.76. The second kappa shape index (κ2) is 6.33. The zero-order valence-corrected chi connectivity index (χ0v) is 13.4. The number of carbonyl (C=O) groups is 1. The summed E-state index contributed by atoms with van der Waals surface area (Å²) in [6.45, 7) is 3.25. The van der Waals surface area contributed by atoms with E-state index >= 15 is 0 Å². The Balaban J connectivity index is 1.80. The molecule has 0 aliphatic carbocycles. The van der Waals surface area contributed by atoms with E-state index in [0.29, 0.717) is 22.8 Å². The minimum Gasteiger partial charge on any atom is -0.466 e. The molecule has 0 saturated heterocycles. The van der Waals surface area contributed by atoms with E-state index in [0.717, 1.165) is 5.56 Å². The maximum absolute atomic E-state index is 12.6. The molecule has 3 rings (SSSR count). The Morgan fingerprint density at radius 3 is 2.67 bits per heavy atom. The van der Waals surface area contributed by atoms with Gasteiger partial charge in [0.15, 0.2) is 0 Å². The van der Waals surface area contributed by atoms with Crippen molar-refractivity contribution in [3.05, 3.63) is 65.8 Å². The van der Waals surface area contributed by atoms with E-state index in [2.05, 4.69) is 10.5 Å². The van der Waals surface area contributed by atoms with E-state index in [-0.39, 0.29) is 12.5 Å². The van der Waals surface area contributed by atoms with Crippen LogP contribution in [0, 0.1) is 6.92 Å². The molecule has 0 spiro atoms. The van der Waals surface area contributed by atoms with Crippen molar-refractivity contribution in [1.82, 2.24) is 10.5 Å². The molecule has 1 aromatic carbocycles. The summed E-state index contributed by atoms with van der Waals surface area (Å²) in [6.07, 6.45) is 1.48. The molecule has 1 amide bonds. The molecule has 2 N–H and O–H groups in total. The van der Waals surface area contributed by atoms with Crippen molar-refractivity contribution in [2.75, 3.05) is 6.54 Å². The number of rotatable bonds is 5. The van der Waals surface area contributed by atoms with Gasteiger partial charge >= 0.3 is 0 Å². The van der Waals surface area contributed by atoms with Gasteiger partial charge in [-0.2, -0.15) is 0 Å². The average Bonchev–Trinajstić information content (AvgIpc) is 3.23. The molecule has 124 valence electrons. The summed E-state index contributed by atoms with van der Waals surface area (Å²) in [5.41, 5.74) is 0.314. The summed E-state index contributed by atoms with van der Waals surface area (Å²) in [5, 5.41) is 17.1. The molecular weight excluding hydrogens is 308 g/mol. The smallest absolute Gasteiger partial charge is 0.257 e. The zero-order chi connectivity index (χ0) is 17.2. The van der Waals surface area contributed by atoms with E-state index in [9.17, 15) is 9.90 Å². The van der Waals surface area contributed by atoms with Gasteiger partial charge in [0.1, 0.15) is 28.4 Å². The maximum atomic E-state index is 12.6. The van der Waals surface area contributed by atoms with Crippen molar-refractivity contribution < 1.29 is 18.8 Å². The Hall–Kier alpha value is -2.86. The standard InChI is InChI=1S/C18H18N2O4/c1-12-15(16(20-24-12)13-7-4-3-5-8-13)17(21)19-11-18(2,22)14-9-6-10-23-14/h3-10,22H,11H2,1-2H3,(H,19,21). The van der Waals surface area contributed by atoms with Crippen LogP contribution in [0.5, 0.6) is 0 Å². The third-order valence-corrected chi connectivity index (χ3v) is 3.78. The monoisotopic (exact) mass is 326 g/mol. The number of nitrogens with zero attached hydrogens (tertiary/aromatic N) is 1. The molecule has 0 aliphatic rings.